The zero-order chi connectivity index (χ0) is 28.8. The zero-order valence-corrected chi connectivity index (χ0v) is 24.0. The molecule has 6 rings (SSSR count). The Labute approximate surface area is 240 Å². The number of aliphatic hydroxyl groups is 1. The minimum absolute atomic E-state index is 0.0312. The van der Waals surface area contributed by atoms with Crippen LogP contribution in [0, 0.1) is 11.2 Å². The van der Waals surface area contributed by atoms with Crippen molar-refractivity contribution in [3.8, 4) is 5.69 Å². The summed E-state index contributed by atoms with van der Waals surface area (Å²) in [6.45, 7) is 7.89. The molecule has 2 aromatic carbocycles. The molecule has 1 saturated heterocycles. The first-order valence-corrected chi connectivity index (χ1v) is 14.6. The third kappa shape index (κ3) is 4.72. The Bertz CT molecular complexity index is 1470. The lowest BCUT2D eigenvalue weighted by Gasteiger charge is -2.48. The fourth-order valence-corrected chi connectivity index (χ4v) is 7.01. The molecule has 3 aliphatic rings. The topological polar surface area (TPSA) is 76.8 Å². The summed E-state index contributed by atoms with van der Waals surface area (Å²) in [5.41, 5.74) is 4.35. The second-order valence-electron chi connectivity index (χ2n) is 11.7. The van der Waals surface area contributed by atoms with Crippen LogP contribution < -0.4 is 0 Å². The second kappa shape index (κ2) is 10.5. The van der Waals surface area contributed by atoms with Gasteiger partial charge >= 0.3 is 0 Å². The molecule has 1 N–H and O–H groups in total. The van der Waals surface area contributed by atoms with Crippen molar-refractivity contribution in [3.05, 3.63) is 88.5 Å². The number of fused-ring (bicyclic) bond motifs is 2. The van der Waals surface area contributed by atoms with Gasteiger partial charge in [-0.25, -0.2) is 9.07 Å². The lowest BCUT2D eigenvalue weighted by molar-refractivity contribution is -0.285. The van der Waals surface area contributed by atoms with Gasteiger partial charge in [0, 0.05) is 24.2 Å². The molecule has 2 fully saturated rings. The van der Waals surface area contributed by atoms with Gasteiger partial charge < -0.3 is 19.5 Å². The average molecular weight is 560 g/mol. The molecule has 41 heavy (non-hydrogen) atoms. The Hall–Kier alpha value is -3.33. The molecule has 8 heteroatoms. The fourth-order valence-electron chi connectivity index (χ4n) is 7.01. The molecule has 3 aromatic rings. The molecular weight excluding hydrogens is 521 g/mol. The first-order chi connectivity index (χ1) is 19.7. The van der Waals surface area contributed by atoms with Crippen molar-refractivity contribution < 1.29 is 23.8 Å². The molecule has 0 radical (unpaired) electrons. The van der Waals surface area contributed by atoms with Crippen molar-refractivity contribution in [2.75, 3.05) is 26.3 Å². The van der Waals surface area contributed by atoms with Crippen LogP contribution in [0.4, 0.5) is 4.39 Å². The van der Waals surface area contributed by atoms with Gasteiger partial charge in [0.25, 0.3) is 5.91 Å². The molecule has 216 valence electrons. The summed E-state index contributed by atoms with van der Waals surface area (Å²) in [6.07, 6.45) is 7.31. The molecule has 2 heterocycles. The normalized spacial score (nSPS) is 24.4. The maximum absolute atomic E-state index is 13.5. The molecular formula is C33H38FN3O4. The van der Waals surface area contributed by atoms with Crippen molar-refractivity contribution in [2.24, 2.45) is 5.41 Å². The van der Waals surface area contributed by atoms with Crippen molar-refractivity contribution >= 4 is 12.0 Å². The van der Waals surface area contributed by atoms with Crippen LogP contribution in [0.15, 0.2) is 60.3 Å². The number of hydrogen-bond acceptors (Lipinski definition) is 5. The molecule has 1 saturated carbocycles. The second-order valence-corrected chi connectivity index (χ2v) is 11.7. The van der Waals surface area contributed by atoms with Gasteiger partial charge in [-0.15, -0.1) is 0 Å². The number of amides is 1. The number of halogens is 1. The van der Waals surface area contributed by atoms with Gasteiger partial charge in [0.1, 0.15) is 5.82 Å². The van der Waals surface area contributed by atoms with E-state index >= 15 is 0 Å². The van der Waals surface area contributed by atoms with E-state index in [9.17, 15) is 14.3 Å². The van der Waals surface area contributed by atoms with E-state index < -0.39 is 16.8 Å². The minimum Gasteiger partial charge on any atom is -0.389 e. The molecule has 2 atom stereocenters. The Morgan fingerprint density at radius 2 is 1.78 bits per heavy atom. The minimum atomic E-state index is -0.916. The number of aryl methyl sites for hydroxylation is 1. The summed E-state index contributed by atoms with van der Waals surface area (Å²) < 4.78 is 27.0. The predicted octanol–water partition coefficient (Wildman–Crippen LogP) is 5.34. The molecule has 0 unspecified atom stereocenters. The molecule has 1 aliphatic heterocycles. The van der Waals surface area contributed by atoms with Gasteiger partial charge in [0.2, 0.25) is 5.79 Å². The van der Waals surface area contributed by atoms with Crippen LogP contribution in [-0.4, -0.2) is 63.4 Å². The zero-order valence-electron chi connectivity index (χ0n) is 24.0. The highest BCUT2D eigenvalue weighted by atomic mass is 19.1. The average Bonchev–Trinajstić information content (AvgIpc) is 3.46. The lowest BCUT2D eigenvalue weighted by atomic mass is 9.65. The maximum atomic E-state index is 13.5. The Morgan fingerprint density at radius 1 is 1.07 bits per heavy atom. The van der Waals surface area contributed by atoms with E-state index in [-0.39, 0.29) is 11.7 Å². The number of likely N-dealkylation sites (tertiary alicyclic amines) is 1. The van der Waals surface area contributed by atoms with Crippen LogP contribution >= 0.6 is 0 Å². The van der Waals surface area contributed by atoms with Crippen molar-refractivity contribution in [2.45, 2.75) is 64.3 Å². The molecule has 1 aromatic heterocycles. The van der Waals surface area contributed by atoms with Gasteiger partial charge in [-0.1, -0.05) is 30.7 Å². The Morgan fingerprint density at radius 3 is 2.49 bits per heavy atom. The third-order valence-corrected chi connectivity index (χ3v) is 9.38. The van der Waals surface area contributed by atoms with Crippen molar-refractivity contribution in [1.29, 1.82) is 0 Å². The number of benzene rings is 2. The number of carbonyl (C=O) groups is 1. The highest BCUT2D eigenvalue weighted by Crippen LogP contribution is 2.57. The fraction of sp³-hybridized carbons (Fsp3) is 0.455. The summed E-state index contributed by atoms with van der Waals surface area (Å²) >= 11 is 0. The molecule has 7 nitrogen and oxygen atoms in total. The molecule has 1 amide bonds. The van der Waals surface area contributed by atoms with Crippen molar-refractivity contribution in [3.63, 3.8) is 0 Å². The largest absolute Gasteiger partial charge is 0.389 e. The van der Waals surface area contributed by atoms with E-state index in [0.29, 0.717) is 57.6 Å². The first kappa shape index (κ1) is 27.8. The van der Waals surface area contributed by atoms with Gasteiger partial charge in [-0.3, -0.25) is 4.79 Å². The standard InChI is InChI=1S/C33H38FN3O4/c1-4-40-33(41-5-2)21-36(22-33)30(38)28-9-7-6-8-23(28)14-16-32(39)17-15-25-18-29-24(19-31(25,32)3)20-35-37(29)27-12-10-26(34)11-13-27/h6-13,18,20,39H,4-5,14-17,19,21-22H2,1-3H3/t31-,32-/m0/s1. The van der Waals surface area contributed by atoms with E-state index in [2.05, 4.69) is 18.1 Å². The quantitative estimate of drug-likeness (QED) is 0.358. The van der Waals surface area contributed by atoms with Gasteiger partial charge in [0.15, 0.2) is 0 Å². The van der Waals surface area contributed by atoms with E-state index in [1.165, 1.54) is 17.7 Å². The smallest absolute Gasteiger partial charge is 0.254 e. The number of carbonyl (C=O) groups excluding carboxylic acids is 1. The van der Waals surface area contributed by atoms with Crippen LogP contribution in [0.3, 0.4) is 0 Å². The van der Waals surface area contributed by atoms with Crippen LogP contribution in [0.25, 0.3) is 11.8 Å². The van der Waals surface area contributed by atoms with E-state index in [4.69, 9.17) is 9.47 Å². The summed E-state index contributed by atoms with van der Waals surface area (Å²) in [5.74, 6) is -1.02. The summed E-state index contributed by atoms with van der Waals surface area (Å²) in [7, 11) is 0. The number of ether oxygens (including phenoxy) is 2. The third-order valence-electron chi connectivity index (χ3n) is 9.38. The highest BCUT2D eigenvalue weighted by Gasteiger charge is 2.55. The van der Waals surface area contributed by atoms with Crippen LogP contribution in [0.5, 0.6) is 0 Å². The van der Waals surface area contributed by atoms with Gasteiger partial charge in [-0.2, -0.15) is 5.10 Å². The van der Waals surface area contributed by atoms with Gasteiger partial charge in [-0.05, 0) is 93.5 Å². The summed E-state index contributed by atoms with van der Waals surface area (Å²) in [5, 5.41) is 16.7. The van der Waals surface area contributed by atoms with E-state index in [1.807, 2.05) is 49.0 Å². The first-order valence-electron chi connectivity index (χ1n) is 14.6. The van der Waals surface area contributed by atoms with Crippen LogP contribution in [-0.2, 0) is 22.3 Å². The van der Waals surface area contributed by atoms with Gasteiger partial charge in [0.05, 0.1) is 36.3 Å². The number of nitrogens with zero attached hydrogens (tertiary/aromatic N) is 3. The SMILES string of the molecule is CCOC1(OCC)CN(C(=O)c2ccccc2CC[C@]2(O)CCC3=Cc4c(cnn4-c4ccc(F)cc4)C[C@@]32C)C1. The monoisotopic (exact) mass is 559 g/mol. The summed E-state index contributed by atoms with van der Waals surface area (Å²) in [6, 6.07) is 14.1. The van der Waals surface area contributed by atoms with E-state index in [0.717, 1.165) is 28.9 Å². The number of aromatic nitrogens is 2. The van der Waals surface area contributed by atoms with Crippen LogP contribution in [0.2, 0.25) is 0 Å². The van der Waals surface area contributed by atoms with E-state index in [1.54, 1.807) is 17.0 Å². The molecule has 2 aliphatic carbocycles. The number of hydrogen-bond donors (Lipinski definition) is 1. The molecule has 0 bridgehead atoms. The number of rotatable bonds is 9. The maximum Gasteiger partial charge on any atom is 0.254 e. The summed E-state index contributed by atoms with van der Waals surface area (Å²) in [4.78, 5) is 15.3. The highest BCUT2D eigenvalue weighted by molar-refractivity contribution is 5.96. The molecule has 0 spiro atoms. The van der Waals surface area contributed by atoms with Crippen LogP contribution in [0.1, 0.15) is 67.2 Å². The Balaban J connectivity index is 1.19. The Kier molecular flexibility index (Phi) is 7.12. The van der Waals surface area contributed by atoms with Crippen molar-refractivity contribution in [1.82, 2.24) is 14.7 Å². The lowest BCUT2D eigenvalue weighted by Crippen LogP contribution is -2.66. The predicted molar refractivity (Wildman–Crippen MR) is 154 cm³/mol.